The minimum Gasteiger partial charge on any atom is -0.324 e. The van der Waals surface area contributed by atoms with Gasteiger partial charge in [-0.05, 0) is 26.3 Å². The van der Waals surface area contributed by atoms with Crippen LogP contribution in [0.3, 0.4) is 0 Å². The molecule has 1 unspecified atom stereocenters. The fraction of sp³-hybridized carbons (Fsp3) is 0.455. The Morgan fingerprint density at radius 1 is 1.33 bits per heavy atom. The highest BCUT2D eigenvalue weighted by molar-refractivity contribution is 7.54. The van der Waals surface area contributed by atoms with Gasteiger partial charge in [0.2, 0.25) is 0 Å². The standard InChI is InChI=1S/C11H17O3P/c1-4-14-15(12,13)11(2,3)10-8-6-5-7-9-10/h5-9H,4H2,1-3H3,(H,12,13). The van der Waals surface area contributed by atoms with Crippen molar-refractivity contribution in [3.63, 3.8) is 0 Å². The lowest BCUT2D eigenvalue weighted by Crippen LogP contribution is -2.19. The molecule has 1 atom stereocenters. The molecule has 0 aliphatic heterocycles. The Morgan fingerprint density at radius 2 is 1.87 bits per heavy atom. The van der Waals surface area contributed by atoms with Crippen LogP contribution in [0.1, 0.15) is 26.3 Å². The summed E-state index contributed by atoms with van der Waals surface area (Å²) in [6.07, 6.45) is 0. The van der Waals surface area contributed by atoms with Crippen molar-refractivity contribution in [2.24, 2.45) is 0 Å². The van der Waals surface area contributed by atoms with Crippen molar-refractivity contribution >= 4 is 7.60 Å². The molecule has 1 rings (SSSR count). The lowest BCUT2D eigenvalue weighted by molar-refractivity contribution is 0.251. The first kappa shape index (κ1) is 12.4. The minimum absolute atomic E-state index is 0.240. The zero-order valence-corrected chi connectivity index (χ0v) is 10.2. The molecule has 0 amide bonds. The first-order chi connectivity index (χ1) is 6.92. The van der Waals surface area contributed by atoms with Crippen molar-refractivity contribution in [3.05, 3.63) is 35.9 Å². The van der Waals surface area contributed by atoms with Gasteiger partial charge in [-0.3, -0.25) is 4.57 Å². The Kier molecular flexibility index (Phi) is 3.72. The molecule has 1 aromatic rings. The smallest absolute Gasteiger partial charge is 0.324 e. The first-order valence-corrected chi connectivity index (χ1v) is 6.52. The fourth-order valence-electron chi connectivity index (χ4n) is 1.35. The van der Waals surface area contributed by atoms with Crippen LogP contribution < -0.4 is 0 Å². The summed E-state index contributed by atoms with van der Waals surface area (Å²) in [5.41, 5.74) is 0.810. The van der Waals surface area contributed by atoms with E-state index in [0.29, 0.717) is 0 Å². The normalized spacial score (nSPS) is 16.0. The van der Waals surface area contributed by atoms with E-state index in [9.17, 15) is 9.46 Å². The van der Waals surface area contributed by atoms with Crippen molar-refractivity contribution in [2.45, 2.75) is 25.9 Å². The van der Waals surface area contributed by atoms with Crippen LogP contribution in [0.25, 0.3) is 0 Å². The van der Waals surface area contributed by atoms with Crippen LogP contribution in [0, 0.1) is 0 Å². The van der Waals surface area contributed by atoms with E-state index in [4.69, 9.17) is 4.52 Å². The molecular weight excluding hydrogens is 211 g/mol. The van der Waals surface area contributed by atoms with Crippen LogP contribution in [-0.2, 0) is 14.2 Å². The molecule has 4 heteroatoms. The zero-order chi connectivity index (χ0) is 11.5. The van der Waals surface area contributed by atoms with Crippen molar-refractivity contribution < 1.29 is 14.0 Å². The summed E-state index contributed by atoms with van der Waals surface area (Å²) in [5.74, 6) is 0. The predicted molar refractivity (Wildman–Crippen MR) is 60.9 cm³/mol. The quantitative estimate of drug-likeness (QED) is 0.805. The average molecular weight is 228 g/mol. The number of hydrogen-bond acceptors (Lipinski definition) is 2. The Hall–Kier alpha value is -0.630. The predicted octanol–water partition coefficient (Wildman–Crippen LogP) is 3.14. The molecule has 0 fully saturated rings. The minimum atomic E-state index is -3.62. The lowest BCUT2D eigenvalue weighted by Gasteiger charge is -2.29. The molecule has 0 saturated carbocycles. The van der Waals surface area contributed by atoms with Gasteiger partial charge in [0, 0.05) is 0 Å². The van der Waals surface area contributed by atoms with Crippen LogP contribution in [0.2, 0.25) is 0 Å². The van der Waals surface area contributed by atoms with Gasteiger partial charge in [0.1, 0.15) is 0 Å². The van der Waals surface area contributed by atoms with Crippen LogP contribution in [0.5, 0.6) is 0 Å². The molecule has 0 bridgehead atoms. The van der Waals surface area contributed by atoms with Crippen LogP contribution in [0.4, 0.5) is 0 Å². The second-order valence-electron chi connectivity index (χ2n) is 3.86. The van der Waals surface area contributed by atoms with Crippen molar-refractivity contribution in [1.29, 1.82) is 0 Å². The molecule has 15 heavy (non-hydrogen) atoms. The summed E-state index contributed by atoms with van der Waals surface area (Å²) in [4.78, 5) is 9.83. The van der Waals surface area contributed by atoms with Gasteiger partial charge in [-0.1, -0.05) is 30.3 Å². The van der Waals surface area contributed by atoms with Crippen molar-refractivity contribution in [3.8, 4) is 0 Å². The molecule has 1 aromatic carbocycles. The van der Waals surface area contributed by atoms with Crippen LogP contribution in [0.15, 0.2) is 30.3 Å². The van der Waals surface area contributed by atoms with Gasteiger partial charge in [0.15, 0.2) is 0 Å². The van der Waals surface area contributed by atoms with E-state index in [1.54, 1.807) is 20.8 Å². The van der Waals surface area contributed by atoms with E-state index in [2.05, 4.69) is 0 Å². The Labute approximate surface area is 90.6 Å². The molecule has 0 radical (unpaired) electrons. The molecular formula is C11H17O3P. The van der Waals surface area contributed by atoms with Gasteiger partial charge in [-0.25, -0.2) is 0 Å². The SMILES string of the molecule is CCOP(=O)(O)C(C)(C)c1ccccc1. The summed E-state index contributed by atoms with van der Waals surface area (Å²) in [5, 5.41) is -0.871. The highest BCUT2D eigenvalue weighted by atomic mass is 31.2. The molecule has 0 saturated heterocycles. The van der Waals surface area contributed by atoms with Crippen LogP contribution >= 0.6 is 7.60 Å². The molecule has 3 nitrogen and oxygen atoms in total. The summed E-state index contributed by atoms with van der Waals surface area (Å²) in [6, 6.07) is 9.25. The van der Waals surface area contributed by atoms with E-state index in [0.717, 1.165) is 5.56 Å². The average Bonchev–Trinajstić information content (AvgIpc) is 2.19. The summed E-state index contributed by atoms with van der Waals surface area (Å²) in [7, 11) is -3.62. The van der Waals surface area contributed by atoms with E-state index in [1.807, 2.05) is 30.3 Å². The van der Waals surface area contributed by atoms with Gasteiger partial charge in [-0.2, -0.15) is 0 Å². The summed E-state index contributed by atoms with van der Waals surface area (Å²) >= 11 is 0. The van der Waals surface area contributed by atoms with E-state index < -0.39 is 12.8 Å². The van der Waals surface area contributed by atoms with E-state index in [-0.39, 0.29) is 6.61 Å². The van der Waals surface area contributed by atoms with Crippen molar-refractivity contribution in [1.82, 2.24) is 0 Å². The lowest BCUT2D eigenvalue weighted by atomic mass is 10.0. The number of rotatable bonds is 4. The summed E-state index contributed by atoms with van der Waals surface area (Å²) < 4.78 is 16.9. The summed E-state index contributed by atoms with van der Waals surface area (Å²) in [6.45, 7) is 5.39. The molecule has 0 aliphatic carbocycles. The molecule has 0 heterocycles. The number of hydrogen-bond donors (Lipinski definition) is 1. The maximum atomic E-state index is 12.0. The monoisotopic (exact) mass is 228 g/mol. The zero-order valence-electron chi connectivity index (χ0n) is 9.30. The maximum Gasteiger partial charge on any atom is 0.337 e. The first-order valence-electron chi connectivity index (χ1n) is 4.95. The number of benzene rings is 1. The third-order valence-electron chi connectivity index (χ3n) is 2.49. The topological polar surface area (TPSA) is 46.5 Å². The van der Waals surface area contributed by atoms with E-state index >= 15 is 0 Å². The van der Waals surface area contributed by atoms with Crippen molar-refractivity contribution in [2.75, 3.05) is 6.61 Å². The third kappa shape index (κ3) is 2.49. The molecule has 0 aromatic heterocycles. The van der Waals surface area contributed by atoms with E-state index in [1.165, 1.54) is 0 Å². The Balaban J connectivity index is 3.07. The fourth-order valence-corrected chi connectivity index (χ4v) is 2.49. The molecule has 1 N–H and O–H groups in total. The van der Waals surface area contributed by atoms with Crippen LogP contribution in [-0.4, -0.2) is 11.5 Å². The third-order valence-corrected chi connectivity index (χ3v) is 4.77. The largest absolute Gasteiger partial charge is 0.337 e. The highest BCUT2D eigenvalue weighted by Gasteiger charge is 2.41. The van der Waals surface area contributed by atoms with Gasteiger partial charge >= 0.3 is 7.60 Å². The second-order valence-corrected chi connectivity index (χ2v) is 6.28. The van der Waals surface area contributed by atoms with Gasteiger partial charge in [0.25, 0.3) is 0 Å². The molecule has 84 valence electrons. The van der Waals surface area contributed by atoms with Gasteiger partial charge in [0.05, 0.1) is 11.8 Å². The van der Waals surface area contributed by atoms with Gasteiger partial charge < -0.3 is 9.42 Å². The Bertz CT molecular complexity index is 359. The molecule has 0 spiro atoms. The molecule has 0 aliphatic rings. The van der Waals surface area contributed by atoms with Gasteiger partial charge in [-0.15, -0.1) is 0 Å². The second kappa shape index (κ2) is 4.48. The highest BCUT2D eigenvalue weighted by Crippen LogP contribution is 2.60. The maximum absolute atomic E-state index is 12.0. The Morgan fingerprint density at radius 3 is 2.33 bits per heavy atom.